The van der Waals surface area contributed by atoms with Gasteiger partial charge in [-0.1, -0.05) is 79.7 Å². The molecule has 3 aromatic rings. The van der Waals surface area contributed by atoms with Gasteiger partial charge in [-0.25, -0.2) is 0 Å². The monoisotopic (exact) mass is 410 g/mol. The van der Waals surface area contributed by atoms with Crippen LogP contribution in [0.2, 0.25) is 0 Å². The van der Waals surface area contributed by atoms with Crippen LogP contribution in [0.3, 0.4) is 0 Å². The predicted molar refractivity (Wildman–Crippen MR) is 126 cm³/mol. The van der Waals surface area contributed by atoms with Crippen molar-refractivity contribution < 1.29 is 10.2 Å². The number of hydrogen-bond acceptors (Lipinski definition) is 2. The van der Waals surface area contributed by atoms with Crippen molar-refractivity contribution in [2.24, 2.45) is 5.92 Å². The second-order valence-corrected chi connectivity index (χ2v) is 9.27. The van der Waals surface area contributed by atoms with Crippen LogP contribution in [-0.4, -0.2) is 10.2 Å². The lowest BCUT2D eigenvalue weighted by Gasteiger charge is -2.54. The Morgan fingerprint density at radius 3 is 2.39 bits per heavy atom. The van der Waals surface area contributed by atoms with Gasteiger partial charge in [-0.2, -0.15) is 0 Å². The molecule has 0 radical (unpaired) electrons. The average Bonchev–Trinajstić information content (AvgIpc) is 2.80. The van der Waals surface area contributed by atoms with Gasteiger partial charge >= 0.3 is 0 Å². The third-order valence-corrected chi connectivity index (χ3v) is 7.77. The molecule has 1 fully saturated rings. The van der Waals surface area contributed by atoms with Gasteiger partial charge in [-0.15, -0.1) is 0 Å². The van der Waals surface area contributed by atoms with Crippen molar-refractivity contribution in [1.29, 1.82) is 0 Å². The van der Waals surface area contributed by atoms with E-state index in [2.05, 4.69) is 43.3 Å². The lowest BCUT2D eigenvalue weighted by Crippen LogP contribution is -2.50. The average molecular weight is 411 g/mol. The fraction of sp³-hybridized carbons (Fsp3) is 0.310. The predicted octanol–water partition coefficient (Wildman–Crippen LogP) is 6.37. The molecule has 0 amide bonds. The van der Waals surface area contributed by atoms with Crippen molar-refractivity contribution >= 4 is 6.08 Å². The number of phenolic OH excluding ortho intramolecular Hbond substituents is 1. The fourth-order valence-corrected chi connectivity index (χ4v) is 6.15. The van der Waals surface area contributed by atoms with E-state index in [9.17, 15) is 10.2 Å². The van der Waals surface area contributed by atoms with Crippen molar-refractivity contribution in [2.45, 2.75) is 50.0 Å². The first-order valence-corrected chi connectivity index (χ1v) is 11.4. The van der Waals surface area contributed by atoms with E-state index in [-0.39, 0.29) is 5.41 Å². The highest BCUT2D eigenvalue weighted by molar-refractivity contribution is 5.59. The van der Waals surface area contributed by atoms with Gasteiger partial charge in [0, 0.05) is 5.41 Å². The van der Waals surface area contributed by atoms with Gasteiger partial charge < -0.3 is 10.2 Å². The quantitative estimate of drug-likeness (QED) is 0.527. The Balaban J connectivity index is 1.68. The van der Waals surface area contributed by atoms with E-state index >= 15 is 0 Å². The topological polar surface area (TPSA) is 40.5 Å². The number of fused-ring (bicyclic) bond motifs is 3. The minimum atomic E-state index is -0.963. The van der Waals surface area contributed by atoms with Crippen LogP contribution in [0.1, 0.15) is 54.9 Å². The summed E-state index contributed by atoms with van der Waals surface area (Å²) >= 11 is 0. The summed E-state index contributed by atoms with van der Waals surface area (Å²) in [5.74, 6) is 0.743. The number of aromatic hydroxyl groups is 1. The van der Waals surface area contributed by atoms with Crippen LogP contribution in [0.25, 0.3) is 6.08 Å². The highest BCUT2D eigenvalue weighted by Crippen LogP contribution is 2.59. The Labute approximate surface area is 184 Å². The van der Waals surface area contributed by atoms with Gasteiger partial charge in [-0.05, 0) is 78.0 Å². The van der Waals surface area contributed by atoms with Gasteiger partial charge in [0.2, 0.25) is 0 Å². The molecule has 31 heavy (non-hydrogen) atoms. The van der Waals surface area contributed by atoms with Crippen molar-refractivity contribution in [3.8, 4) is 5.75 Å². The van der Waals surface area contributed by atoms with Crippen molar-refractivity contribution in [3.63, 3.8) is 0 Å². The number of hydrogen-bond donors (Lipinski definition) is 2. The number of aryl methyl sites for hydroxylation is 1. The number of phenols is 1. The van der Waals surface area contributed by atoms with Crippen LogP contribution in [0, 0.1) is 5.92 Å². The molecule has 2 N–H and O–H groups in total. The lowest BCUT2D eigenvalue weighted by molar-refractivity contribution is -0.00856. The molecule has 3 aromatic carbocycles. The Kier molecular flexibility index (Phi) is 4.98. The molecule has 3 atom stereocenters. The normalized spacial score (nSPS) is 28.7. The zero-order chi connectivity index (χ0) is 21.5. The van der Waals surface area contributed by atoms with E-state index in [1.165, 1.54) is 11.1 Å². The summed E-state index contributed by atoms with van der Waals surface area (Å²) in [5, 5.41) is 22.3. The zero-order valence-corrected chi connectivity index (χ0v) is 18.1. The van der Waals surface area contributed by atoms with E-state index in [4.69, 9.17) is 0 Å². The Hall–Kier alpha value is -2.84. The maximum Gasteiger partial charge on any atom is 0.115 e. The molecular weight excluding hydrogens is 380 g/mol. The van der Waals surface area contributed by atoms with Crippen LogP contribution in [0.5, 0.6) is 5.75 Å². The minimum Gasteiger partial charge on any atom is -0.508 e. The largest absolute Gasteiger partial charge is 0.508 e. The van der Waals surface area contributed by atoms with Crippen LogP contribution in [0.4, 0.5) is 0 Å². The fourth-order valence-electron chi connectivity index (χ4n) is 6.15. The lowest BCUT2D eigenvalue weighted by atomic mass is 9.51. The summed E-state index contributed by atoms with van der Waals surface area (Å²) in [4.78, 5) is 0. The van der Waals surface area contributed by atoms with Gasteiger partial charge in [0.1, 0.15) is 11.4 Å². The van der Waals surface area contributed by atoms with Gasteiger partial charge in [0.25, 0.3) is 0 Å². The molecule has 0 bridgehead atoms. The van der Waals surface area contributed by atoms with Crippen LogP contribution in [-0.2, 0) is 17.4 Å². The minimum absolute atomic E-state index is 0.0110. The second-order valence-electron chi connectivity index (χ2n) is 9.27. The van der Waals surface area contributed by atoms with E-state index in [0.29, 0.717) is 11.7 Å². The molecule has 0 saturated heterocycles. The third-order valence-electron chi connectivity index (χ3n) is 7.77. The molecule has 5 rings (SSSR count). The second kappa shape index (κ2) is 7.69. The summed E-state index contributed by atoms with van der Waals surface area (Å²) in [6.45, 7) is 2.28. The first kappa shape index (κ1) is 20.1. The molecule has 0 aromatic heterocycles. The molecule has 2 aliphatic rings. The molecule has 1 saturated carbocycles. The first-order valence-electron chi connectivity index (χ1n) is 11.4. The van der Waals surface area contributed by atoms with Crippen LogP contribution < -0.4 is 0 Å². The van der Waals surface area contributed by atoms with Gasteiger partial charge in [0.05, 0.1) is 0 Å². The highest BCUT2D eigenvalue weighted by atomic mass is 16.3. The maximum atomic E-state index is 12.2. The Morgan fingerprint density at radius 2 is 1.68 bits per heavy atom. The van der Waals surface area contributed by atoms with E-state index in [0.717, 1.165) is 48.8 Å². The summed E-state index contributed by atoms with van der Waals surface area (Å²) in [7, 11) is 0. The molecule has 2 nitrogen and oxygen atoms in total. The van der Waals surface area contributed by atoms with Crippen LogP contribution in [0.15, 0.2) is 84.4 Å². The molecule has 158 valence electrons. The van der Waals surface area contributed by atoms with E-state index < -0.39 is 5.60 Å². The van der Waals surface area contributed by atoms with Crippen molar-refractivity contribution in [3.05, 3.63) is 107 Å². The summed E-state index contributed by atoms with van der Waals surface area (Å²) in [6, 6.07) is 26.4. The molecule has 0 aliphatic heterocycles. The van der Waals surface area contributed by atoms with Gasteiger partial charge in [0.15, 0.2) is 0 Å². The SMILES string of the molecule is CC[C@@]12CC(=Cc3ccccc3)[C@](O)(c3ccccc3)C[C@H]1CCc1cc(O)ccc12. The summed E-state index contributed by atoms with van der Waals surface area (Å²) in [6.07, 6.45) is 6.77. The zero-order valence-electron chi connectivity index (χ0n) is 18.1. The standard InChI is InChI=1S/C29H30O2/c1-2-28-19-25(17-21-9-5-3-6-10-21)29(31,23-11-7-4-8-12-23)20-24(28)14-13-22-18-26(30)15-16-27(22)28/h3-12,15-18,24,30-31H,2,13-14,19-20H2,1H3/t24-,28-,29-/m1/s1. The van der Waals surface area contributed by atoms with E-state index in [1.54, 1.807) is 0 Å². The first-order chi connectivity index (χ1) is 15.0. The van der Waals surface area contributed by atoms with Crippen molar-refractivity contribution in [2.75, 3.05) is 0 Å². The smallest absolute Gasteiger partial charge is 0.115 e. The number of aliphatic hydroxyl groups is 1. The number of rotatable bonds is 3. The number of benzene rings is 3. The Morgan fingerprint density at radius 1 is 0.968 bits per heavy atom. The third kappa shape index (κ3) is 3.30. The molecule has 0 spiro atoms. The summed E-state index contributed by atoms with van der Waals surface area (Å²) in [5.41, 5.74) is 4.85. The molecule has 2 aliphatic carbocycles. The molecule has 0 unspecified atom stereocenters. The van der Waals surface area contributed by atoms with E-state index in [1.807, 2.05) is 48.5 Å². The maximum absolute atomic E-state index is 12.2. The van der Waals surface area contributed by atoms with Gasteiger partial charge in [-0.3, -0.25) is 0 Å². The Bertz CT molecular complexity index is 1100. The van der Waals surface area contributed by atoms with Crippen molar-refractivity contribution in [1.82, 2.24) is 0 Å². The highest BCUT2D eigenvalue weighted by Gasteiger charge is 2.53. The summed E-state index contributed by atoms with van der Waals surface area (Å²) < 4.78 is 0. The van der Waals surface area contributed by atoms with Crippen LogP contribution >= 0.6 is 0 Å². The molecule has 0 heterocycles. The molecular formula is C29H30O2. The molecule has 2 heteroatoms.